The van der Waals surface area contributed by atoms with Crippen molar-refractivity contribution in [1.82, 2.24) is 4.98 Å². The molecule has 2 aromatic heterocycles. The van der Waals surface area contributed by atoms with Crippen LogP contribution in [0.2, 0.25) is 0 Å². The van der Waals surface area contributed by atoms with Crippen LogP contribution in [-0.2, 0) is 0 Å². The van der Waals surface area contributed by atoms with Gasteiger partial charge in [-0.05, 0) is 24.4 Å². The van der Waals surface area contributed by atoms with Gasteiger partial charge in [0, 0.05) is 0 Å². The molecule has 0 aliphatic rings. The molecule has 0 atom stereocenters. The first-order chi connectivity index (χ1) is 9.60. The lowest BCUT2D eigenvalue weighted by molar-refractivity contribution is 0.0701. The van der Waals surface area contributed by atoms with Crippen LogP contribution in [0.3, 0.4) is 0 Å². The van der Waals surface area contributed by atoms with Gasteiger partial charge < -0.3 is 5.11 Å². The fraction of sp³-hybridized carbons (Fsp3) is 0.0714. The molecule has 4 nitrogen and oxygen atoms in total. The number of nitriles is 1. The second-order valence-electron chi connectivity index (χ2n) is 4.19. The van der Waals surface area contributed by atoms with Gasteiger partial charge in [-0.25, -0.2) is 9.78 Å². The van der Waals surface area contributed by atoms with E-state index in [0.717, 1.165) is 15.0 Å². The van der Waals surface area contributed by atoms with Crippen molar-refractivity contribution < 1.29 is 9.90 Å². The molecule has 0 spiro atoms. The summed E-state index contributed by atoms with van der Waals surface area (Å²) in [6.07, 6.45) is 0. The molecule has 98 valence electrons. The van der Waals surface area contributed by atoms with Crippen molar-refractivity contribution in [2.45, 2.75) is 6.92 Å². The van der Waals surface area contributed by atoms with Crippen molar-refractivity contribution in [1.29, 1.82) is 5.26 Å². The number of carbonyl (C=O) groups is 1. The van der Waals surface area contributed by atoms with E-state index in [4.69, 9.17) is 10.4 Å². The largest absolute Gasteiger partial charge is 0.477 e. The summed E-state index contributed by atoms with van der Waals surface area (Å²) < 4.78 is 0.912. The zero-order valence-corrected chi connectivity index (χ0v) is 12.0. The van der Waals surface area contributed by atoms with E-state index in [0.29, 0.717) is 16.3 Å². The summed E-state index contributed by atoms with van der Waals surface area (Å²) in [7, 11) is 0. The van der Waals surface area contributed by atoms with Gasteiger partial charge in [0.15, 0.2) is 0 Å². The zero-order valence-electron chi connectivity index (χ0n) is 10.4. The molecule has 0 aliphatic carbocycles. The van der Waals surface area contributed by atoms with Crippen molar-refractivity contribution in [2.24, 2.45) is 0 Å². The maximum Gasteiger partial charge on any atom is 0.347 e. The Bertz CT molecular complexity index is 871. The smallest absolute Gasteiger partial charge is 0.347 e. The Morgan fingerprint density at radius 2 is 2.20 bits per heavy atom. The molecular weight excluding hydrogens is 292 g/mol. The fourth-order valence-electron chi connectivity index (χ4n) is 1.96. The van der Waals surface area contributed by atoms with Crippen molar-refractivity contribution in [3.8, 4) is 16.0 Å². The van der Waals surface area contributed by atoms with E-state index < -0.39 is 5.97 Å². The minimum absolute atomic E-state index is 0.262. The van der Waals surface area contributed by atoms with Gasteiger partial charge in [0.25, 0.3) is 0 Å². The van der Waals surface area contributed by atoms with Gasteiger partial charge in [-0.3, -0.25) is 0 Å². The molecule has 0 saturated heterocycles. The van der Waals surface area contributed by atoms with Crippen molar-refractivity contribution >= 4 is 38.7 Å². The summed E-state index contributed by atoms with van der Waals surface area (Å²) in [5.41, 5.74) is 1.15. The molecule has 0 fully saturated rings. The summed E-state index contributed by atoms with van der Waals surface area (Å²) in [6, 6.07) is 9.67. The SMILES string of the molecule is Cc1nc(-c2cc3cccc(C#N)c3s2)sc1C(=O)O. The fourth-order valence-corrected chi connectivity index (χ4v) is 4.03. The minimum Gasteiger partial charge on any atom is -0.477 e. The first kappa shape index (κ1) is 12.8. The number of carboxylic acids is 1. The van der Waals surface area contributed by atoms with Gasteiger partial charge in [-0.15, -0.1) is 22.7 Å². The molecule has 0 saturated carbocycles. The number of carboxylic acid groups (broad SMARTS) is 1. The van der Waals surface area contributed by atoms with Gasteiger partial charge >= 0.3 is 5.97 Å². The summed E-state index contributed by atoms with van der Waals surface area (Å²) >= 11 is 2.63. The number of thiazole rings is 1. The van der Waals surface area contributed by atoms with Crippen LogP contribution in [-0.4, -0.2) is 16.1 Å². The van der Waals surface area contributed by atoms with Crippen LogP contribution in [0, 0.1) is 18.3 Å². The normalized spacial score (nSPS) is 10.6. The predicted octanol–water partition coefficient (Wildman–Crippen LogP) is 3.90. The number of benzene rings is 1. The highest BCUT2D eigenvalue weighted by Gasteiger charge is 2.17. The number of hydrogen-bond acceptors (Lipinski definition) is 5. The highest BCUT2D eigenvalue weighted by atomic mass is 32.1. The second kappa shape index (κ2) is 4.71. The first-order valence-corrected chi connectivity index (χ1v) is 7.37. The van der Waals surface area contributed by atoms with Crippen LogP contribution in [0.1, 0.15) is 20.9 Å². The Hall–Kier alpha value is -2.23. The van der Waals surface area contributed by atoms with Crippen molar-refractivity contribution in [3.05, 3.63) is 40.4 Å². The Balaban J connectivity index is 2.18. The molecule has 3 aromatic rings. The topological polar surface area (TPSA) is 74.0 Å². The average molecular weight is 300 g/mol. The summed E-state index contributed by atoms with van der Waals surface area (Å²) in [5.74, 6) is -0.954. The lowest BCUT2D eigenvalue weighted by Crippen LogP contribution is -1.94. The zero-order chi connectivity index (χ0) is 14.3. The average Bonchev–Trinajstić information content (AvgIpc) is 3.01. The molecule has 2 heterocycles. The molecule has 0 bridgehead atoms. The predicted molar refractivity (Wildman–Crippen MR) is 79.3 cm³/mol. The third-order valence-electron chi connectivity index (χ3n) is 2.87. The molecular formula is C14H8N2O2S2. The van der Waals surface area contributed by atoms with E-state index in [1.807, 2.05) is 18.2 Å². The van der Waals surface area contributed by atoms with Gasteiger partial charge in [0.2, 0.25) is 0 Å². The van der Waals surface area contributed by atoms with E-state index in [1.54, 1.807) is 13.0 Å². The molecule has 6 heteroatoms. The van der Waals surface area contributed by atoms with Crippen LogP contribution in [0.25, 0.3) is 20.0 Å². The summed E-state index contributed by atoms with van der Waals surface area (Å²) in [5, 5.41) is 19.8. The van der Waals surface area contributed by atoms with Crippen molar-refractivity contribution in [3.63, 3.8) is 0 Å². The van der Waals surface area contributed by atoms with E-state index in [2.05, 4.69) is 11.1 Å². The summed E-state index contributed by atoms with van der Waals surface area (Å²) in [4.78, 5) is 16.5. The lowest BCUT2D eigenvalue weighted by atomic mass is 10.2. The number of rotatable bonds is 2. The van der Waals surface area contributed by atoms with Crippen LogP contribution in [0.5, 0.6) is 0 Å². The number of aromatic carboxylic acids is 1. The summed E-state index contributed by atoms with van der Waals surface area (Å²) in [6.45, 7) is 1.69. The molecule has 0 aliphatic heterocycles. The molecule has 0 radical (unpaired) electrons. The monoisotopic (exact) mass is 300 g/mol. The molecule has 1 N–H and O–H groups in total. The van der Waals surface area contributed by atoms with Crippen LogP contribution in [0.4, 0.5) is 0 Å². The Morgan fingerprint density at radius 3 is 2.85 bits per heavy atom. The number of thiophene rings is 1. The quantitative estimate of drug-likeness (QED) is 0.778. The maximum atomic E-state index is 11.1. The van der Waals surface area contributed by atoms with Gasteiger partial charge in [0.1, 0.15) is 16.0 Å². The number of nitrogens with zero attached hydrogens (tertiary/aromatic N) is 2. The third kappa shape index (κ3) is 1.97. The van der Waals surface area contributed by atoms with Crippen LogP contribution < -0.4 is 0 Å². The molecule has 0 amide bonds. The highest BCUT2D eigenvalue weighted by molar-refractivity contribution is 7.26. The Morgan fingerprint density at radius 1 is 1.40 bits per heavy atom. The third-order valence-corrected chi connectivity index (χ3v) is 5.36. The Kier molecular flexibility index (Phi) is 3.01. The van der Waals surface area contributed by atoms with Crippen LogP contribution >= 0.6 is 22.7 Å². The van der Waals surface area contributed by atoms with Crippen molar-refractivity contribution in [2.75, 3.05) is 0 Å². The standard InChI is InChI=1S/C14H8N2O2S2/c1-7-11(14(17)18)20-13(16-7)10-5-8-3-2-4-9(6-15)12(8)19-10/h2-5H,1H3,(H,17,18). The first-order valence-electron chi connectivity index (χ1n) is 5.74. The van der Waals surface area contributed by atoms with Crippen LogP contribution in [0.15, 0.2) is 24.3 Å². The van der Waals surface area contributed by atoms with E-state index in [-0.39, 0.29) is 4.88 Å². The Labute approximate surface area is 122 Å². The van der Waals surface area contributed by atoms with Gasteiger partial charge in [0.05, 0.1) is 20.8 Å². The number of aromatic nitrogens is 1. The van der Waals surface area contributed by atoms with E-state index in [1.165, 1.54) is 22.7 Å². The minimum atomic E-state index is -0.954. The maximum absolute atomic E-state index is 11.1. The molecule has 1 aromatic carbocycles. The number of fused-ring (bicyclic) bond motifs is 1. The van der Waals surface area contributed by atoms with E-state index >= 15 is 0 Å². The molecule has 20 heavy (non-hydrogen) atoms. The molecule has 3 rings (SSSR count). The number of aryl methyl sites for hydroxylation is 1. The molecule has 0 unspecified atom stereocenters. The number of hydrogen-bond donors (Lipinski definition) is 1. The van der Waals surface area contributed by atoms with Gasteiger partial charge in [-0.1, -0.05) is 12.1 Å². The van der Waals surface area contributed by atoms with E-state index in [9.17, 15) is 4.79 Å². The highest BCUT2D eigenvalue weighted by Crippen LogP contribution is 2.37. The van der Waals surface area contributed by atoms with Gasteiger partial charge in [-0.2, -0.15) is 5.26 Å². The second-order valence-corrected chi connectivity index (χ2v) is 6.24. The lowest BCUT2D eigenvalue weighted by Gasteiger charge is -1.89.